The molecular formula is C18H18O5. The number of carbonyl (C=O) groups excluding carboxylic acids is 2. The van der Waals surface area contributed by atoms with E-state index in [-0.39, 0.29) is 39.3 Å². The van der Waals surface area contributed by atoms with Crippen molar-refractivity contribution in [3.05, 3.63) is 39.7 Å². The lowest BCUT2D eigenvalue weighted by atomic mass is 9.69. The average molecular weight is 314 g/mol. The van der Waals surface area contributed by atoms with Gasteiger partial charge in [0.15, 0.2) is 0 Å². The van der Waals surface area contributed by atoms with Crippen molar-refractivity contribution in [1.29, 1.82) is 0 Å². The molecule has 120 valence electrons. The second-order valence-corrected chi connectivity index (χ2v) is 6.97. The van der Waals surface area contributed by atoms with Gasteiger partial charge in [0.25, 0.3) is 0 Å². The third kappa shape index (κ3) is 2.46. The quantitative estimate of drug-likeness (QED) is 0.646. The van der Waals surface area contributed by atoms with Gasteiger partial charge in [0.1, 0.15) is 28.8 Å². The second kappa shape index (κ2) is 5.05. The van der Waals surface area contributed by atoms with E-state index >= 15 is 0 Å². The molecule has 1 aromatic carbocycles. The lowest BCUT2D eigenvalue weighted by Crippen LogP contribution is -2.36. The summed E-state index contributed by atoms with van der Waals surface area (Å²) in [6.45, 7) is 5.23. The van der Waals surface area contributed by atoms with Crippen LogP contribution in [0, 0.1) is 12.3 Å². The molecule has 0 amide bonds. The summed E-state index contributed by atoms with van der Waals surface area (Å²) < 4.78 is 5.18. The van der Waals surface area contributed by atoms with Gasteiger partial charge in [-0.05, 0) is 24.0 Å². The summed E-state index contributed by atoms with van der Waals surface area (Å²) >= 11 is 0. The SMILES string of the molecule is Cc1c(O)c2c(C3C(=O)CC(C)(C)CC3=O)cccc2oc1=O. The van der Waals surface area contributed by atoms with E-state index < -0.39 is 11.5 Å². The molecule has 5 nitrogen and oxygen atoms in total. The summed E-state index contributed by atoms with van der Waals surface area (Å²) in [5.74, 6) is -1.47. The van der Waals surface area contributed by atoms with E-state index in [1.807, 2.05) is 13.8 Å². The molecule has 1 saturated carbocycles. The topological polar surface area (TPSA) is 84.6 Å². The van der Waals surface area contributed by atoms with E-state index in [2.05, 4.69) is 0 Å². The fourth-order valence-corrected chi connectivity index (χ4v) is 3.32. The molecule has 0 saturated heterocycles. The van der Waals surface area contributed by atoms with E-state index in [4.69, 9.17) is 4.42 Å². The Morgan fingerprint density at radius 1 is 1.13 bits per heavy atom. The first-order chi connectivity index (χ1) is 10.7. The number of rotatable bonds is 1. The van der Waals surface area contributed by atoms with Gasteiger partial charge in [-0.2, -0.15) is 0 Å². The summed E-state index contributed by atoms with van der Waals surface area (Å²) in [5, 5.41) is 10.6. The van der Waals surface area contributed by atoms with Crippen LogP contribution < -0.4 is 5.63 Å². The Balaban J connectivity index is 2.25. The van der Waals surface area contributed by atoms with E-state index in [1.165, 1.54) is 6.92 Å². The zero-order chi connectivity index (χ0) is 16.9. The largest absolute Gasteiger partial charge is 0.507 e. The minimum Gasteiger partial charge on any atom is -0.507 e. The van der Waals surface area contributed by atoms with Crippen LogP contribution in [-0.4, -0.2) is 16.7 Å². The molecule has 1 aromatic heterocycles. The van der Waals surface area contributed by atoms with Gasteiger partial charge in [-0.1, -0.05) is 26.0 Å². The van der Waals surface area contributed by atoms with E-state index in [0.717, 1.165) is 0 Å². The lowest BCUT2D eigenvalue weighted by Gasteiger charge is -2.32. The molecule has 0 bridgehead atoms. The van der Waals surface area contributed by atoms with Crippen LogP contribution in [0.4, 0.5) is 0 Å². The highest BCUT2D eigenvalue weighted by atomic mass is 16.4. The molecule has 1 aliphatic carbocycles. The fraction of sp³-hybridized carbons (Fsp3) is 0.389. The lowest BCUT2D eigenvalue weighted by molar-refractivity contribution is -0.135. The van der Waals surface area contributed by atoms with Crippen molar-refractivity contribution >= 4 is 22.5 Å². The number of aromatic hydroxyl groups is 1. The predicted molar refractivity (Wildman–Crippen MR) is 84.7 cm³/mol. The molecule has 1 N–H and O–H groups in total. The minimum atomic E-state index is -0.912. The standard InChI is InChI=1S/C18H18O5/c1-9-16(21)15-10(5-4-6-13(15)23-17(9)22)14-11(19)7-18(2,3)8-12(14)20/h4-6,14,21H,7-8H2,1-3H3. The molecule has 3 rings (SSSR count). The van der Waals surface area contributed by atoms with Crippen molar-refractivity contribution in [2.24, 2.45) is 5.41 Å². The summed E-state index contributed by atoms with van der Waals surface area (Å²) in [6, 6.07) is 4.80. The van der Waals surface area contributed by atoms with Crippen LogP contribution in [-0.2, 0) is 9.59 Å². The first-order valence-corrected chi connectivity index (χ1v) is 7.52. The second-order valence-electron chi connectivity index (χ2n) is 6.97. The number of fused-ring (bicyclic) bond motifs is 1. The molecule has 1 heterocycles. The monoisotopic (exact) mass is 314 g/mol. The Morgan fingerprint density at radius 2 is 1.74 bits per heavy atom. The zero-order valence-electron chi connectivity index (χ0n) is 13.3. The number of Topliss-reactive ketones (excluding diaryl/α,β-unsaturated/α-hetero) is 2. The third-order valence-electron chi connectivity index (χ3n) is 4.42. The van der Waals surface area contributed by atoms with Crippen LogP contribution in [0.25, 0.3) is 11.0 Å². The molecule has 1 aliphatic rings. The first kappa shape index (κ1) is 15.5. The summed E-state index contributed by atoms with van der Waals surface area (Å²) in [7, 11) is 0. The van der Waals surface area contributed by atoms with Gasteiger partial charge >= 0.3 is 5.63 Å². The third-order valence-corrected chi connectivity index (χ3v) is 4.42. The fourth-order valence-electron chi connectivity index (χ4n) is 3.32. The predicted octanol–water partition coefficient (Wildman–Crippen LogP) is 2.85. The molecule has 2 aromatic rings. The van der Waals surface area contributed by atoms with Gasteiger partial charge in [-0.25, -0.2) is 4.79 Å². The van der Waals surface area contributed by atoms with Gasteiger partial charge in [0.05, 0.1) is 10.9 Å². The Labute approximate surface area is 132 Å². The number of ketones is 2. The molecule has 5 heteroatoms. The number of hydrogen-bond donors (Lipinski definition) is 1. The first-order valence-electron chi connectivity index (χ1n) is 7.52. The zero-order valence-corrected chi connectivity index (χ0v) is 13.3. The highest BCUT2D eigenvalue weighted by molar-refractivity contribution is 6.12. The summed E-state index contributed by atoms with van der Waals surface area (Å²) in [5.41, 5.74) is -0.311. The van der Waals surface area contributed by atoms with Crippen LogP contribution in [0.15, 0.2) is 27.4 Å². The van der Waals surface area contributed by atoms with Gasteiger partial charge in [-0.3, -0.25) is 9.59 Å². The number of benzene rings is 1. The maximum absolute atomic E-state index is 12.5. The molecule has 0 spiro atoms. The van der Waals surface area contributed by atoms with Gasteiger partial charge in [0, 0.05) is 12.8 Å². The normalized spacial score (nSPS) is 18.6. The highest BCUT2D eigenvalue weighted by Gasteiger charge is 2.41. The van der Waals surface area contributed by atoms with Crippen LogP contribution in [0.3, 0.4) is 0 Å². The molecule has 0 atom stereocenters. The van der Waals surface area contributed by atoms with Gasteiger partial charge < -0.3 is 9.52 Å². The molecule has 0 unspecified atom stereocenters. The maximum Gasteiger partial charge on any atom is 0.342 e. The van der Waals surface area contributed by atoms with Crippen molar-refractivity contribution in [2.45, 2.75) is 39.5 Å². The van der Waals surface area contributed by atoms with Crippen molar-refractivity contribution in [3.8, 4) is 5.75 Å². The van der Waals surface area contributed by atoms with Crippen molar-refractivity contribution in [2.75, 3.05) is 0 Å². The Kier molecular flexibility index (Phi) is 3.39. The van der Waals surface area contributed by atoms with E-state index in [9.17, 15) is 19.5 Å². The van der Waals surface area contributed by atoms with Crippen LogP contribution >= 0.6 is 0 Å². The molecule has 0 radical (unpaired) electrons. The summed E-state index contributed by atoms with van der Waals surface area (Å²) in [6.07, 6.45) is 0.604. The number of carbonyl (C=O) groups is 2. The highest BCUT2D eigenvalue weighted by Crippen LogP contribution is 2.41. The van der Waals surface area contributed by atoms with E-state index in [0.29, 0.717) is 18.4 Å². The average Bonchev–Trinajstić information content (AvgIpc) is 2.42. The Bertz CT molecular complexity index is 868. The molecular weight excluding hydrogens is 296 g/mol. The Morgan fingerprint density at radius 3 is 2.35 bits per heavy atom. The minimum absolute atomic E-state index is 0.0704. The summed E-state index contributed by atoms with van der Waals surface area (Å²) in [4.78, 5) is 36.8. The van der Waals surface area contributed by atoms with Crippen LogP contribution in [0.5, 0.6) is 5.75 Å². The maximum atomic E-state index is 12.5. The smallest absolute Gasteiger partial charge is 0.342 e. The van der Waals surface area contributed by atoms with Gasteiger partial charge in [-0.15, -0.1) is 0 Å². The van der Waals surface area contributed by atoms with Crippen molar-refractivity contribution in [3.63, 3.8) is 0 Å². The van der Waals surface area contributed by atoms with Crippen molar-refractivity contribution < 1.29 is 19.1 Å². The number of hydrogen-bond acceptors (Lipinski definition) is 5. The van der Waals surface area contributed by atoms with Crippen LogP contribution in [0.1, 0.15) is 43.7 Å². The molecule has 0 aliphatic heterocycles. The molecule has 23 heavy (non-hydrogen) atoms. The van der Waals surface area contributed by atoms with E-state index in [1.54, 1.807) is 18.2 Å². The van der Waals surface area contributed by atoms with Crippen LogP contribution in [0.2, 0.25) is 0 Å². The molecule has 1 fully saturated rings. The Hall–Kier alpha value is -2.43. The van der Waals surface area contributed by atoms with Crippen molar-refractivity contribution in [1.82, 2.24) is 0 Å². The van der Waals surface area contributed by atoms with Gasteiger partial charge in [0.2, 0.25) is 0 Å².